The number of urea groups is 1. The van der Waals surface area contributed by atoms with Gasteiger partial charge in [0.15, 0.2) is 0 Å². The Kier molecular flexibility index (Phi) is 6.83. The van der Waals surface area contributed by atoms with Crippen molar-refractivity contribution in [1.82, 2.24) is 14.9 Å². The highest BCUT2D eigenvalue weighted by atomic mass is 32.2. The molecule has 0 spiro atoms. The molecule has 2 amide bonds. The van der Waals surface area contributed by atoms with Crippen LogP contribution in [0.2, 0.25) is 0 Å². The van der Waals surface area contributed by atoms with E-state index in [2.05, 4.69) is 10.0 Å². The zero-order valence-electron chi connectivity index (χ0n) is 15.8. The van der Waals surface area contributed by atoms with Crippen molar-refractivity contribution in [1.29, 1.82) is 0 Å². The number of nitrogens with one attached hydrogen (secondary N) is 2. The molecule has 8 nitrogen and oxygen atoms in total. The monoisotopic (exact) mass is 397 g/mol. The fourth-order valence-electron chi connectivity index (χ4n) is 3.19. The molecule has 0 aromatic heterocycles. The van der Waals surface area contributed by atoms with E-state index < -0.39 is 21.9 Å². The van der Waals surface area contributed by atoms with Gasteiger partial charge in [-0.1, -0.05) is 19.1 Å². The van der Waals surface area contributed by atoms with Crippen molar-refractivity contribution < 1.29 is 23.1 Å². The number of amides is 2. The third-order valence-corrected chi connectivity index (χ3v) is 6.00. The Morgan fingerprint density at radius 2 is 2.00 bits per heavy atom. The smallest absolute Gasteiger partial charge is 0.317 e. The minimum absolute atomic E-state index is 0.112. The lowest BCUT2D eigenvalue weighted by Gasteiger charge is -2.34. The number of aliphatic carboxylic acids is 1. The fourth-order valence-corrected chi connectivity index (χ4v) is 4.51. The average molecular weight is 397 g/mol. The summed E-state index contributed by atoms with van der Waals surface area (Å²) in [5.41, 5.74) is 0.648. The number of likely N-dealkylation sites (tertiary alicyclic amines) is 1. The van der Waals surface area contributed by atoms with E-state index in [0.717, 1.165) is 0 Å². The number of benzene rings is 1. The molecule has 150 valence electrons. The fraction of sp³-hybridized carbons (Fsp3) is 0.556. The zero-order valence-corrected chi connectivity index (χ0v) is 16.6. The molecule has 0 saturated carbocycles. The van der Waals surface area contributed by atoms with Crippen molar-refractivity contribution in [2.75, 3.05) is 13.1 Å². The third-order valence-electron chi connectivity index (χ3n) is 4.34. The van der Waals surface area contributed by atoms with Gasteiger partial charge >= 0.3 is 12.0 Å². The molecule has 1 fully saturated rings. The summed E-state index contributed by atoms with van der Waals surface area (Å²) in [6.07, 6.45) is 0.557. The van der Waals surface area contributed by atoms with E-state index in [9.17, 15) is 23.1 Å². The second kappa shape index (κ2) is 8.71. The standard InChI is InChI=1S/C18H27N3O5S/c1-12(2)20-27(25,26)16-6-4-5-14(8-16)9-19-18(24)21-10-13(3)7-15(11-21)17(22)23/h4-6,8,12-13,15,20H,7,9-11H2,1-3H3,(H,19,24)(H,22,23). The van der Waals surface area contributed by atoms with Gasteiger partial charge in [-0.15, -0.1) is 0 Å². The van der Waals surface area contributed by atoms with Gasteiger partial charge in [0.05, 0.1) is 10.8 Å². The van der Waals surface area contributed by atoms with Gasteiger partial charge in [-0.3, -0.25) is 4.79 Å². The minimum atomic E-state index is -3.60. The molecule has 1 aromatic carbocycles. The zero-order chi connectivity index (χ0) is 20.2. The van der Waals surface area contributed by atoms with Crippen LogP contribution in [0.3, 0.4) is 0 Å². The molecule has 3 N–H and O–H groups in total. The van der Waals surface area contributed by atoms with E-state index in [1.165, 1.54) is 17.0 Å². The molecule has 0 aliphatic carbocycles. The lowest BCUT2D eigenvalue weighted by molar-refractivity contribution is -0.143. The number of hydrogen-bond acceptors (Lipinski definition) is 4. The SMILES string of the molecule is CC1CC(C(=O)O)CN(C(=O)NCc2cccc(S(=O)(=O)NC(C)C)c2)C1. The van der Waals surface area contributed by atoms with Crippen molar-refractivity contribution in [3.8, 4) is 0 Å². The second-order valence-corrected chi connectivity index (χ2v) is 9.08. The minimum Gasteiger partial charge on any atom is -0.481 e. The number of carboxylic acid groups (broad SMARTS) is 1. The van der Waals surface area contributed by atoms with Gasteiger partial charge in [0.1, 0.15) is 0 Å². The van der Waals surface area contributed by atoms with E-state index in [0.29, 0.717) is 18.5 Å². The van der Waals surface area contributed by atoms with Crippen LogP contribution in [0.1, 0.15) is 32.8 Å². The molecular formula is C18H27N3O5S. The molecule has 27 heavy (non-hydrogen) atoms. The van der Waals surface area contributed by atoms with Gasteiger partial charge in [0.25, 0.3) is 0 Å². The lowest BCUT2D eigenvalue weighted by Crippen LogP contribution is -2.49. The predicted octanol–water partition coefficient (Wildman–Crippen LogP) is 1.63. The number of piperidine rings is 1. The third kappa shape index (κ3) is 5.93. The molecule has 9 heteroatoms. The van der Waals surface area contributed by atoms with Crippen LogP contribution >= 0.6 is 0 Å². The van der Waals surface area contributed by atoms with Crippen LogP contribution in [0.5, 0.6) is 0 Å². The van der Waals surface area contributed by atoms with E-state index in [1.54, 1.807) is 26.0 Å². The van der Waals surface area contributed by atoms with E-state index in [4.69, 9.17) is 0 Å². The van der Waals surface area contributed by atoms with Crippen LogP contribution in [0, 0.1) is 11.8 Å². The molecule has 1 aliphatic rings. The first-order valence-electron chi connectivity index (χ1n) is 8.95. The molecule has 0 bridgehead atoms. The number of hydrogen-bond donors (Lipinski definition) is 3. The Morgan fingerprint density at radius 3 is 2.63 bits per heavy atom. The first kappa shape index (κ1) is 21.2. The maximum atomic E-state index is 12.4. The highest BCUT2D eigenvalue weighted by Gasteiger charge is 2.31. The van der Waals surface area contributed by atoms with Crippen molar-refractivity contribution in [2.45, 2.75) is 44.7 Å². The van der Waals surface area contributed by atoms with Gasteiger partial charge in [-0.25, -0.2) is 17.9 Å². The van der Waals surface area contributed by atoms with Gasteiger partial charge in [-0.2, -0.15) is 0 Å². The summed E-state index contributed by atoms with van der Waals surface area (Å²) < 4.78 is 27.0. The van der Waals surface area contributed by atoms with Crippen LogP contribution in [-0.2, 0) is 21.4 Å². The molecule has 2 atom stereocenters. The molecule has 1 saturated heterocycles. The topological polar surface area (TPSA) is 116 Å². The van der Waals surface area contributed by atoms with Gasteiger partial charge in [0.2, 0.25) is 10.0 Å². The van der Waals surface area contributed by atoms with Gasteiger partial charge in [0, 0.05) is 25.7 Å². The Morgan fingerprint density at radius 1 is 1.30 bits per heavy atom. The number of rotatable bonds is 6. The lowest BCUT2D eigenvalue weighted by atomic mass is 9.91. The van der Waals surface area contributed by atoms with Crippen molar-refractivity contribution in [3.05, 3.63) is 29.8 Å². The summed E-state index contributed by atoms with van der Waals surface area (Å²) in [6.45, 7) is 6.25. The Bertz CT molecular complexity index is 794. The predicted molar refractivity (Wildman–Crippen MR) is 101 cm³/mol. The van der Waals surface area contributed by atoms with Crippen molar-refractivity contribution >= 4 is 22.0 Å². The summed E-state index contributed by atoms with van der Waals surface area (Å²) in [4.78, 5) is 25.3. The molecule has 0 radical (unpaired) electrons. The largest absolute Gasteiger partial charge is 0.481 e. The highest BCUT2D eigenvalue weighted by Crippen LogP contribution is 2.22. The number of carbonyl (C=O) groups excluding carboxylic acids is 1. The molecule has 1 aromatic rings. The van der Waals surface area contributed by atoms with Crippen LogP contribution in [0.15, 0.2) is 29.2 Å². The summed E-state index contributed by atoms with van der Waals surface area (Å²) in [5.74, 6) is -1.34. The second-order valence-electron chi connectivity index (χ2n) is 7.36. The summed E-state index contributed by atoms with van der Waals surface area (Å²) in [7, 11) is -3.60. The van der Waals surface area contributed by atoms with Crippen LogP contribution in [-0.4, -0.2) is 49.6 Å². The van der Waals surface area contributed by atoms with E-state index in [1.807, 2.05) is 6.92 Å². The van der Waals surface area contributed by atoms with E-state index >= 15 is 0 Å². The summed E-state index contributed by atoms with van der Waals surface area (Å²) >= 11 is 0. The Balaban J connectivity index is 2.01. The molecule has 2 unspecified atom stereocenters. The highest BCUT2D eigenvalue weighted by molar-refractivity contribution is 7.89. The van der Waals surface area contributed by atoms with E-state index in [-0.39, 0.29) is 36.0 Å². The van der Waals surface area contributed by atoms with Gasteiger partial charge < -0.3 is 15.3 Å². The summed E-state index contributed by atoms with van der Waals surface area (Å²) in [6, 6.07) is 5.81. The van der Waals surface area contributed by atoms with Crippen LogP contribution in [0.4, 0.5) is 4.79 Å². The number of carboxylic acids is 1. The van der Waals surface area contributed by atoms with Crippen LogP contribution in [0.25, 0.3) is 0 Å². The Labute approximate surface area is 160 Å². The van der Waals surface area contributed by atoms with Crippen molar-refractivity contribution in [3.63, 3.8) is 0 Å². The quantitative estimate of drug-likeness (QED) is 0.675. The molecule has 1 aliphatic heterocycles. The Hall–Kier alpha value is -2.13. The normalized spacial score (nSPS) is 20.5. The molecule has 1 heterocycles. The summed E-state index contributed by atoms with van der Waals surface area (Å²) in [5, 5.41) is 12.0. The maximum absolute atomic E-state index is 12.4. The maximum Gasteiger partial charge on any atom is 0.317 e. The first-order chi connectivity index (χ1) is 12.6. The average Bonchev–Trinajstić information content (AvgIpc) is 2.58. The number of nitrogens with zero attached hydrogens (tertiary/aromatic N) is 1. The number of sulfonamides is 1. The van der Waals surface area contributed by atoms with Gasteiger partial charge in [-0.05, 0) is 43.9 Å². The van der Waals surface area contributed by atoms with Crippen molar-refractivity contribution in [2.24, 2.45) is 11.8 Å². The molecule has 2 rings (SSSR count). The molecular weight excluding hydrogens is 370 g/mol. The number of carbonyl (C=O) groups is 2. The first-order valence-corrected chi connectivity index (χ1v) is 10.4. The van der Waals surface area contributed by atoms with Crippen LogP contribution < -0.4 is 10.0 Å².